The first-order chi connectivity index (χ1) is 18.3. The predicted molar refractivity (Wildman–Crippen MR) is 163 cm³/mol. The molecule has 1 fully saturated rings. The first kappa shape index (κ1) is 29.7. The summed E-state index contributed by atoms with van der Waals surface area (Å²) in [5, 5.41) is 0. The largest absolute Gasteiger partial charge is 0.256 e. The van der Waals surface area contributed by atoms with Gasteiger partial charge in [0, 0.05) is 11.8 Å². The van der Waals surface area contributed by atoms with Crippen LogP contribution in [0.1, 0.15) is 134 Å². The smallest absolute Gasteiger partial charge is 0.0702 e. The van der Waals surface area contributed by atoms with Crippen LogP contribution in [0.25, 0.3) is 11.3 Å². The number of rotatable bonds is 18. The minimum absolute atomic E-state index is 0.828. The molecule has 0 N–H and O–H groups in total. The van der Waals surface area contributed by atoms with Gasteiger partial charge in [-0.3, -0.25) is 4.98 Å². The third kappa shape index (κ3) is 12.0. The van der Waals surface area contributed by atoms with Crippen LogP contribution < -0.4 is 0 Å². The van der Waals surface area contributed by atoms with E-state index in [4.69, 9.17) is 4.98 Å². The van der Waals surface area contributed by atoms with Gasteiger partial charge in [0.15, 0.2) is 0 Å². The van der Waals surface area contributed by atoms with Crippen molar-refractivity contribution < 1.29 is 0 Å². The standard InChI is InChI=1S/C36H55N/c1-3-5-7-8-9-10-11-13-19-34-26-29-36(37-30-34)35-27-24-33(25-28-35)18-15-14-17-32-22-20-31(21-23-32)16-12-6-4-2/h14,17,24-32H,3-13,15-16,18-23H2,1-2H3/b17-14+. The lowest BCUT2D eigenvalue weighted by Gasteiger charge is -2.26. The molecule has 0 aliphatic heterocycles. The number of aromatic nitrogens is 1. The maximum Gasteiger partial charge on any atom is 0.0702 e. The SMILES string of the molecule is CCCCCCCCCCc1ccc(-c2ccc(CC/C=C/C3CCC(CCCCC)CC3)cc2)nc1. The van der Waals surface area contributed by atoms with Gasteiger partial charge in [0.2, 0.25) is 0 Å². The lowest BCUT2D eigenvalue weighted by atomic mass is 9.79. The molecule has 1 aliphatic carbocycles. The molecule has 1 aliphatic rings. The van der Waals surface area contributed by atoms with Crippen LogP contribution in [0.2, 0.25) is 0 Å². The zero-order chi connectivity index (χ0) is 26.0. The van der Waals surface area contributed by atoms with Crippen LogP contribution in [0.5, 0.6) is 0 Å². The van der Waals surface area contributed by atoms with Crippen molar-refractivity contribution in [1.29, 1.82) is 0 Å². The van der Waals surface area contributed by atoms with Crippen molar-refractivity contribution in [2.45, 2.75) is 136 Å². The lowest BCUT2D eigenvalue weighted by molar-refractivity contribution is 0.289. The van der Waals surface area contributed by atoms with Crippen LogP contribution in [0.15, 0.2) is 54.7 Å². The van der Waals surface area contributed by atoms with E-state index in [1.54, 1.807) is 0 Å². The fourth-order valence-electron chi connectivity index (χ4n) is 5.94. The Kier molecular flexibility index (Phi) is 14.7. The van der Waals surface area contributed by atoms with E-state index >= 15 is 0 Å². The molecule has 0 spiro atoms. The van der Waals surface area contributed by atoms with Crippen molar-refractivity contribution in [3.05, 3.63) is 65.9 Å². The van der Waals surface area contributed by atoms with Gasteiger partial charge in [0.1, 0.15) is 0 Å². The Morgan fingerprint density at radius 1 is 0.676 bits per heavy atom. The van der Waals surface area contributed by atoms with Gasteiger partial charge in [-0.25, -0.2) is 0 Å². The summed E-state index contributed by atoms with van der Waals surface area (Å²) in [5.41, 5.74) is 5.13. The van der Waals surface area contributed by atoms with Crippen molar-refractivity contribution in [1.82, 2.24) is 4.98 Å². The highest BCUT2D eigenvalue weighted by molar-refractivity contribution is 5.59. The lowest BCUT2D eigenvalue weighted by Crippen LogP contribution is -2.13. The summed E-state index contributed by atoms with van der Waals surface area (Å²) in [4.78, 5) is 4.77. The Bertz CT molecular complexity index is 839. The van der Waals surface area contributed by atoms with E-state index in [-0.39, 0.29) is 0 Å². The average Bonchev–Trinajstić information content (AvgIpc) is 2.94. The number of nitrogens with zero attached hydrogens (tertiary/aromatic N) is 1. The first-order valence-electron chi connectivity index (χ1n) is 16.0. The summed E-state index contributed by atoms with van der Waals surface area (Å²) in [6, 6.07) is 13.6. The minimum atomic E-state index is 0.828. The summed E-state index contributed by atoms with van der Waals surface area (Å²) in [6.07, 6.45) is 32.9. The van der Waals surface area contributed by atoms with Crippen molar-refractivity contribution in [3.8, 4) is 11.3 Å². The zero-order valence-electron chi connectivity index (χ0n) is 24.2. The maximum absolute atomic E-state index is 4.77. The van der Waals surface area contributed by atoms with Crippen molar-refractivity contribution >= 4 is 0 Å². The molecule has 0 amide bonds. The number of unbranched alkanes of at least 4 members (excludes halogenated alkanes) is 9. The van der Waals surface area contributed by atoms with Crippen molar-refractivity contribution in [3.63, 3.8) is 0 Å². The molecule has 0 radical (unpaired) electrons. The predicted octanol–water partition coefficient (Wildman–Crippen LogP) is 11.3. The van der Waals surface area contributed by atoms with Gasteiger partial charge in [0.05, 0.1) is 5.69 Å². The maximum atomic E-state index is 4.77. The topological polar surface area (TPSA) is 12.9 Å². The summed E-state index contributed by atoms with van der Waals surface area (Å²) in [7, 11) is 0. The van der Waals surface area contributed by atoms with Crippen molar-refractivity contribution in [2.24, 2.45) is 11.8 Å². The van der Waals surface area contributed by atoms with Crippen LogP contribution in [-0.2, 0) is 12.8 Å². The minimum Gasteiger partial charge on any atom is -0.256 e. The Balaban J connectivity index is 1.30. The highest BCUT2D eigenvalue weighted by Gasteiger charge is 2.18. The molecule has 37 heavy (non-hydrogen) atoms. The molecule has 0 bridgehead atoms. The van der Waals surface area contributed by atoms with Gasteiger partial charge in [0.25, 0.3) is 0 Å². The molecule has 1 heteroatoms. The molecule has 1 aromatic heterocycles. The van der Waals surface area contributed by atoms with Gasteiger partial charge in [-0.15, -0.1) is 0 Å². The number of hydrogen-bond donors (Lipinski definition) is 0. The van der Waals surface area contributed by atoms with E-state index < -0.39 is 0 Å². The fraction of sp³-hybridized carbons (Fsp3) is 0.639. The van der Waals surface area contributed by atoms with Gasteiger partial charge >= 0.3 is 0 Å². The van der Waals surface area contributed by atoms with E-state index in [0.717, 1.165) is 36.8 Å². The van der Waals surface area contributed by atoms with Gasteiger partial charge in [-0.2, -0.15) is 0 Å². The van der Waals surface area contributed by atoms with E-state index in [1.807, 2.05) is 0 Å². The Morgan fingerprint density at radius 3 is 2.00 bits per heavy atom. The molecular formula is C36H55N. The fourth-order valence-corrected chi connectivity index (χ4v) is 5.94. The highest BCUT2D eigenvalue weighted by Crippen LogP contribution is 2.32. The quantitative estimate of drug-likeness (QED) is 0.146. The Labute approximate surface area is 229 Å². The molecule has 204 valence electrons. The molecule has 1 aromatic carbocycles. The second-order valence-electron chi connectivity index (χ2n) is 11.7. The normalized spacial score (nSPS) is 18.0. The third-order valence-corrected chi connectivity index (χ3v) is 8.51. The number of hydrogen-bond acceptors (Lipinski definition) is 1. The van der Waals surface area contributed by atoms with E-state index in [2.05, 4.69) is 68.6 Å². The monoisotopic (exact) mass is 501 g/mol. The highest BCUT2D eigenvalue weighted by atomic mass is 14.7. The van der Waals surface area contributed by atoms with E-state index in [1.165, 1.54) is 119 Å². The van der Waals surface area contributed by atoms with Gasteiger partial charge in [-0.05, 0) is 80.4 Å². The molecule has 0 atom stereocenters. The van der Waals surface area contributed by atoms with Gasteiger partial charge in [-0.1, -0.05) is 127 Å². The molecular weight excluding hydrogens is 446 g/mol. The molecule has 1 nitrogen and oxygen atoms in total. The second-order valence-corrected chi connectivity index (χ2v) is 11.7. The van der Waals surface area contributed by atoms with Crippen LogP contribution in [0, 0.1) is 11.8 Å². The number of allylic oxidation sites excluding steroid dienone is 2. The summed E-state index contributed by atoms with van der Waals surface area (Å²) in [6.45, 7) is 4.60. The Hall–Kier alpha value is -1.89. The molecule has 2 aromatic rings. The zero-order valence-corrected chi connectivity index (χ0v) is 24.2. The molecule has 0 saturated heterocycles. The van der Waals surface area contributed by atoms with Crippen LogP contribution in [0.3, 0.4) is 0 Å². The van der Waals surface area contributed by atoms with Crippen LogP contribution in [-0.4, -0.2) is 4.98 Å². The first-order valence-corrected chi connectivity index (χ1v) is 16.0. The Morgan fingerprint density at radius 2 is 1.32 bits per heavy atom. The molecule has 3 rings (SSSR count). The molecule has 1 saturated carbocycles. The molecule has 0 unspecified atom stereocenters. The average molecular weight is 502 g/mol. The van der Waals surface area contributed by atoms with E-state index in [0.29, 0.717) is 0 Å². The number of pyridine rings is 1. The summed E-state index contributed by atoms with van der Waals surface area (Å²) in [5.74, 6) is 1.84. The van der Waals surface area contributed by atoms with Crippen molar-refractivity contribution in [2.75, 3.05) is 0 Å². The summed E-state index contributed by atoms with van der Waals surface area (Å²) < 4.78 is 0. The summed E-state index contributed by atoms with van der Waals surface area (Å²) >= 11 is 0. The number of benzene rings is 1. The van der Waals surface area contributed by atoms with Crippen LogP contribution >= 0.6 is 0 Å². The van der Waals surface area contributed by atoms with Crippen LogP contribution in [0.4, 0.5) is 0 Å². The second kappa shape index (κ2) is 18.4. The molecule has 1 heterocycles. The number of aryl methyl sites for hydroxylation is 2. The third-order valence-electron chi connectivity index (χ3n) is 8.51. The van der Waals surface area contributed by atoms with E-state index in [9.17, 15) is 0 Å². The van der Waals surface area contributed by atoms with Gasteiger partial charge < -0.3 is 0 Å².